The molecule has 25 heavy (non-hydrogen) atoms. The number of halogens is 1. The number of unbranched alkanes of at least 4 members (excludes halogenated alkanes) is 2. The van der Waals surface area contributed by atoms with E-state index < -0.39 is 12.4 Å². The molecule has 0 aromatic heterocycles. The number of benzene rings is 1. The molecule has 2 rings (SSSR count). The van der Waals surface area contributed by atoms with Crippen LogP contribution >= 0.6 is 15.9 Å². The van der Waals surface area contributed by atoms with Crippen molar-refractivity contribution in [1.29, 1.82) is 0 Å². The van der Waals surface area contributed by atoms with Crippen LogP contribution in [0.15, 0.2) is 12.1 Å². The van der Waals surface area contributed by atoms with E-state index in [1.54, 1.807) is 0 Å². The number of methoxy groups -OCH3 is 1. The van der Waals surface area contributed by atoms with E-state index in [1.807, 2.05) is 12.1 Å². The van der Waals surface area contributed by atoms with Crippen molar-refractivity contribution in [2.75, 3.05) is 19.0 Å². The van der Waals surface area contributed by atoms with Crippen molar-refractivity contribution < 1.29 is 28.5 Å². The normalized spacial score (nSPS) is 15.7. The summed E-state index contributed by atoms with van der Waals surface area (Å²) in [7, 11) is 1.24. The van der Waals surface area contributed by atoms with Crippen molar-refractivity contribution in [2.24, 2.45) is 0 Å². The Morgan fingerprint density at radius 3 is 2.76 bits per heavy atom. The Balaban J connectivity index is 2.14. The summed E-state index contributed by atoms with van der Waals surface area (Å²) in [4.78, 5) is 23.4. The molecule has 0 spiro atoms. The van der Waals surface area contributed by atoms with Crippen molar-refractivity contribution in [3.05, 3.63) is 23.3 Å². The van der Waals surface area contributed by atoms with E-state index in [9.17, 15) is 9.59 Å². The first kappa shape index (κ1) is 19.6. The molecule has 0 saturated carbocycles. The summed E-state index contributed by atoms with van der Waals surface area (Å²) in [6.45, 7) is 2.01. The van der Waals surface area contributed by atoms with Crippen LogP contribution in [-0.4, -0.2) is 37.3 Å². The Hall–Kier alpha value is -1.76. The Kier molecular flexibility index (Phi) is 7.55. The molecule has 138 valence electrons. The minimum Gasteiger partial charge on any atom is -0.493 e. The van der Waals surface area contributed by atoms with Gasteiger partial charge < -0.3 is 18.9 Å². The van der Waals surface area contributed by atoms with Crippen LogP contribution in [0.5, 0.6) is 11.5 Å². The largest absolute Gasteiger partial charge is 0.511 e. The maximum absolute atomic E-state index is 12.2. The van der Waals surface area contributed by atoms with Crippen molar-refractivity contribution in [3.63, 3.8) is 0 Å². The Bertz CT molecular complexity index is 616. The number of Topliss-reactive ketones (excluding diaryl/α,β-unsaturated/α-hetero) is 1. The number of hydrogen-bond donors (Lipinski definition) is 0. The van der Waals surface area contributed by atoms with Crippen LogP contribution in [0, 0.1) is 0 Å². The monoisotopic (exact) mass is 414 g/mol. The summed E-state index contributed by atoms with van der Waals surface area (Å²) in [6.07, 6.45) is 2.62. The Morgan fingerprint density at radius 1 is 1.28 bits per heavy atom. The molecule has 1 aromatic carbocycles. The molecule has 0 N–H and O–H groups in total. The highest BCUT2D eigenvalue weighted by Crippen LogP contribution is 2.37. The lowest BCUT2D eigenvalue weighted by atomic mass is 9.99. The van der Waals surface area contributed by atoms with Crippen LogP contribution in [0.2, 0.25) is 0 Å². The van der Waals surface area contributed by atoms with Crippen LogP contribution in [0.4, 0.5) is 4.79 Å². The number of fused-ring (bicyclic) bond motifs is 1. The quantitative estimate of drug-likeness (QED) is 0.273. The van der Waals surface area contributed by atoms with E-state index in [-0.39, 0.29) is 5.78 Å². The van der Waals surface area contributed by atoms with Crippen molar-refractivity contribution in [2.45, 2.75) is 45.3 Å². The number of alkyl halides is 1. The maximum atomic E-state index is 12.2. The fourth-order valence-electron chi connectivity index (χ4n) is 2.65. The van der Waals surface area contributed by atoms with Gasteiger partial charge in [0, 0.05) is 11.8 Å². The predicted molar refractivity (Wildman–Crippen MR) is 95.8 cm³/mol. The second-order valence-corrected chi connectivity index (χ2v) is 6.53. The predicted octanol–water partition coefficient (Wildman–Crippen LogP) is 4.27. The minimum absolute atomic E-state index is 0.147. The van der Waals surface area contributed by atoms with Gasteiger partial charge in [0.05, 0.1) is 13.7 Å². The van der Waals surface area contributed by atoms with Gasteiger partial charge in [0.25, 0.3) is 0 Å². The number of ether oxygens (including phenoxy) is 4. The second kappa shape index (κ2) is 9.65. The number of aryl methyl sites for hydroxylation is 1. The Morgan fingerprint density at radius 2 is 2.08 bits per heavy atom. The summed E-state index contributed by atoms with van der Waals surface area (Å²) in [6, 6.07) is 3.70. The summed E-state index contributed by atoms with van der Waals surface area (Å²) >= 11 is 3.40. The molecule has 0 amide bonds. The fourth-order valence-corrected chi connectivity index (χ4v) is 3.05. The van der Waals surface area contributed by atoms with Gasteiger partial charge in [-0.3, -0.25) is 4.79 Å². The lowest BCUT2D eigenvalue weighted by Crippen LogP contribution is -2.29. The van der Waals surface area contributed by atoms with Gasteiger partial charge in [0.1, 0.15) is 17.1 Å². The second-order valence-electron chi connectivity index (χ2n) is 5.74. The van der Waals surface area contributed by atoms with Gasteiger partial charge in [-0.2, -0.15) is 0 Å². The zero-order chi connectivity index (χ0) is 18.2. The first-order valence-corrected chi connectivity index (χ1v) is 9.45. The van der Waals surface area contributed by atoms with Crippen LogP contribution in [0.25, 0.3) is 0 Å². The standard InChI is InChI=1S/C18H23BrO6/c1-12(20)16-14(23-11-5-3-4-10-19)8-6-13-7-9-15(24-17(13)16)25-18(21)22-2/h6,8,15H,3-5,7,9-11H2,1-2H3. The molecule has 1 atom stereocenters. The number of ketones is 1. The topological polar surface area (TPSA) is 71.1 Å². The van der Waals surface area contributed by atoms with E-state index in [4.69, 9.17) is 14.2 Å². The summed E-state index contributed by atoms with van der Waals surface area (Å²) in [5, 5.41) is 0.972. The molecule has 0 radical (unpaired) electrons. The van der Waals surface area contributed by atoms with E-state index >= 15 is 0 Å². The molecule has 6 nitrogen and oxygen atoms in total. The average Bonchev–Trinajstić information content (AvgIpc) is 2.60. The smallest absolute Gasteiger partial charge is 0.493 e. The van der Waals surface area contributed by atoms with Gasteiger partial charge in [-0.15, -0.1) is 0 Å². The molecule has 1 aromatic rings. The zero-order valence-corrected chi connectivity index (χ0v) is 16.1. The lowest BCUT2D eigenvalue weighted by Gasteiger charge is -2.27. The minimum atomic E-state index is -0.808. The molecule has 0 saturated heterocycles. The maximum Gasteiger partial charge on any atom is 0.511 e. The van der Waals surface area contributed by atoms with E-state index in [0.717, 1.165) is 30.2 Å². The van der Waals surface area contributed by atoms with Gasteiger partial charge in [-0.05, 0) is 44.2 Å². The third-order valence-electron chi connectivity index (χ3n) is 3.88. The number of hydrogen-bond acceptors (Lipinski definition) is 6. The van der Waals surface area contributed by atoms with Gasteiger partial charge in [-0.25, -0.2) is 4.79 Å². The van der Waals surface area contributed by atoms with Crippen molar-refractivity contribution in [1.82, 2.24) is 0 Å². The van der Waals surface area contributed by atoms with Crippen LogP contribution < -0.4 is 9.47 Å². The summed E-state index contributed by atoms with van der Waals surface area (Å²) < 4.78 is 21.1. The average molecular weight is 415 g/mol. The molecule has 1 aliphatic heterocycles. The number of carbonyl (C=O) groups is 2. The van der Waals surface area contributed by atoms with Gasteiger partial charge in [0.2, 0.25) is 6.29 Å². The van der Waals surface area contributed by atoms with Crippen LogP contribution in [0.3, 0.4) is 0 Å². The highest BCUT2D eigenvalue weighted by atomic mass is 79.9. The van der Waals surface area contributed by atoms with Gasteiger partial charge in [0.15, 0.2) is 5.78 Å². The third kappa shape index (κ3) is 5.36. The molecule has 0 aliphatic carbocycles. The molecule has 0 fully saturated rings. The first-order valence-electron chi connectivity index (χ1n) is 8.33. The van der Waals surface area contributed by atoms with E-state index in [0.29, 0.717) is 36.5 Å². The molecule has 1 aliphatic rings. The third-order valence-corrected chi connectivity index (χ3v) is 4.44. The number of carbonyl (C=O) groups excluding carboxylic acids is 2. The molecular formula is C18H23BrO6. The van der Waals surface area contributed by atoms with Crippen molar-refractivity contribution >= 4 is 27.9 Å². The van der Waals surface area contributed by atoms with E-state index in [2.05, 4.69) is 20.7 Å². The fraction of sp³-hybridized carbons (Fsp3) is 0.556. The zero-order valence-electron chi connectivity index (χ0n) is 14.5. The molecule has 1 heterocycles. The Labute approximate surface area is 155 Å². The number of rotatable bonds is 8. The van der Waals surface area contributed by atoms with Crippen LogP contribution in [0.1, 0.15) is 48.5 Å². The molecular weight excluding hydrogens is 392 g/mol. The van der Waals surface area contributed by atoms with Gasteiger partial charge in [-0.1, -0.05) is 22.0 Å². The van der Waals surface area contributed by atoms with Crippen LogP contribution in [-0.2, 0) is 15.9 Å². The summed E-state index contributed by atoms with van der Waals surface area (Å²) in [5.41, 5.74) is 1.30. The molecule has 0 bridgehead atoms. The SMILES string of the molecule is COC(=O)OC1CCc2ccc(OCCCCCBr)c(C(C)=O)c2O1. The summed E-state index contributed by atoms with van der Waals surface area (Å²) in [5.74, 6) is 0.792. The highest BCUT2D eigenvalue weighted by Gasteiger charge is 2.28. The molecule has 7 heteroatoms. The lowest BCUT2D eigenvalue weighted by molar-refractivity contribution is -0.0690. The van der Waals surface area contributed by atoms with Crippen molar-refractivity contribution in [3.8, 4) is 11.5 Å². The van der Waals surface area contributed by atoms with Gasteiger partial charge >= 0.3 is 6.16 Å². The molecule has 1 unspecified atom stereocenters. The van der Waals surface area contributed by atoms with E-state index in [1.165, 1.54) is 14.0 Å². The highest BCUT2D eigenvalue weighted by molar-refractivity contribution is 9.09. The first-order chi connectivity index (χ1) is 12.1.